The van der Waals surface area contributed by atoms with Crippen LogP contribution in [-0.2, 0) is 28.7 Å². The van der Waals surface area contributed by atoms with Crippen LogP contribution in [0.2, 0.25) is 5.02 Å². The van der Waals surface area contributed by atoms with Crippen LogP contribution in [0.3, 0.4) is 0 Å². The number of phenolic OH excluding ortho intramolecular Hbond substituents is 1. The van der Waals surface area contributed by atoms with Crippen LogP contribution in [-0.4, -0.2) is 17.2 Å². The highest BCUT2D eigenvalue weighted by Crippen LogP contribution is 2.40. The highest BCUT2D eigenvalue weighted by molar-refractivity contribution is 6.31. The number of amides is 1. The first-order valence-electron chi connectivity index (χ1n) is 12.5. The maximum atomic E-state index is 12.5. The summed E-state index contributed by atoms with van der Waals surface area (Å²) < 4.78 is 5.85. The van der Waals surface area contributed by atoms with Gasteiger partial charge in [-0.1, -0.05) is 95.6 Å². The predicted octanol–water partition coefficient (Wildman–Crippen LogP) is 7.30. The van der Waals surface area contributed by atoms with E-state index in [9.17, 15) is 9.90 Å². The van der Waals surface area contributed by atoms with Crippen LogP contribution in [0.25, 0.3) is 0 Å². The molecule has 0 unspecified atom stereocenters. The van der Waals surface area contributed by atoms with Gasteiger partial charge in [-0.05, 0) is 57.7 Å². The van der Waals surface area contributed by atoms with Crippen molar-refractivity contribution in [2.75, 3.05) is 0 Å². The van der Waals surface area contributed by atoms with E-state index in [0.29, 0.717) is 29.5 Å². The third kappa shape index (κ3) is 8.09. The minimum Gasteiger partial charge on any atom is -0.507 e. The summed E-state index contributed by atoms with van der Waals surface area (Å²) in [6.07, 6.45) is 2.44. The van der Waals surface area contributed by atoms with Gasteiger partial charge in [0.2, 0.25) is 5.91 Å². The zero-order valence-corrected chi connectivity index (χ0v) is 23.3. The summed E-state index contributed by atoms with van der Waals surface area (Å²) in [4.78, 5) is 12.5. The van der Waals surface area contributed by atoms with Gasteiger partial charge in [0.25, 0.3) is 0 Å². The topological polar surface area (TPSA) is 70.9 Å². The maximum Gasteiger partial charge on any atom is 0.240 e. The van der Waals surface area contributed by atoms with Gasteiger partial charge in [0, 0.05) is 17.0 Å². The van der Waals surface area contributed by atoms with E-state index in [1.54, 1.807) is 6.21 Å². The Bertz CT molecular complexity index is 1230. The number of ether oxygens (including phenoxy) is 1. The Labute approximate surface area is 225 Å². The van der Waals surface area contributed by atoms with E-state index >= 15 is 0 Å². The van der Waals surface area contributed by atoms with Gasteiger partial charge in [0.1, 0.15) is 18.1 Å². The molecule has 37 heavy (non-hydrogen) atoms. The molecule has 0 aliphatic rings. The van der Waals surface area contributed by atoms with E-state index < -0.39 is 0 Å². The maximum absolute atomic E-state index is 12.5. The molecule has 0 radical (unpaired) electrons. The van der Waals surface area contributed by atoms with Gasteiger partial charge in [0.15, 0.2) is 0 Å². The van der Waals surface area contributed by atoms with E-state index in [1.807, 2.05) is 60.7 Å². The van der Waals surface area contributed by atoms with E-state index in [4.69, 9.17) is 16.3 Å². The molecule has 0 bridgehead atoms. The van der Waals surface area contributed by atoms with Crippen molar-refractivity contribution in [2.45, 2.75) is 71.8 Å². The predicted molar refractivity (Wildman–Crippen MR) is 152 cm³/mol. The van der Waals surface area contributed by atoms with Gasteiger partial charge < -0.3 is 9.84 Å². The minimum absolute atomic E-state index is 0.176. The minimum atomic E-state index is -0.210. The van der Waals surface area contributed by atoms with Crippen molar-refractivity contribution < 1.29 is 14.6 Å². The fraction of sp³-hybridized carbons (Fsp3) is 0.355. The van der Waals surface area contributed by atoms with Gasteiger partial charge >= 0.3 is 0 Å². The summed E-state index contributed by atoms with van der Waals surface area (Å²) in [7, 11) is 0. The largest absolute Gasteiger partial charge is 0.507 e. The van der Waals surface area contributed by atoms with Crippen LogP contribution in [0.4, 0.5) is 0 Å². The van der Waals surface area contributed by atoms with E-state index in [1.165, 1.54) is 0 Å². The molecule has 1 amide bonds. The Morgan fingerprint density at radius 3 is 2.24 bits per heavy atom. The second-order valence-corrected chi connectivity index (χ2v) is 11.7. The van der Waals surface area contributed by atoms with Gasteiger partial charge in [-0.25, -0.2) is 5.43 Å². The quantitative estimate of drug-likeness (QED) is 0.242. The van der Waals surface area contributed by atoms with Crippen molar-refractivity contribution in [3.05, 3.63) is 93.5 Å². The Kier molecular flexibility index (Phi) is 9.03. The molecule has 0 atom stereocenters. The molecule has 0 fully saturated rings. The molecular weight excluding hydrogens is 484 g/mol. The van der Waals surface area contributed by atoms with Crippen molar-refractivity contribution in [1.29, 1.82) is 0 Å². The number of nitrogens with zero attached hydrogens (tertiary/aromatic N) is 1. The molecule has 0 saturated carbocycles. The Hall–Kier alpha value is -3.31. The average molecular weight is 521 g/mol. The highest BCUT2D eigenvalue weighted by atomic mass is 35.5. The molecule has 0 aliphatic heterocycles. The number of halogens is 1. The van der Waals surface area contributed by atoms with E-state index in [0.717, 1.165) is 27.8 Å². The Balaban J connectivity index is 1.59. The Morgan fingerprint density at radius 2 is 1.62 bits per heavy atom. The molecule has 3 rings (SSSR count). The lowest BCUT2D eigenvalue weighted by molar-refractivity contribution is -0.121. The number of carbonyl (C=O) groups is 1. The van der Waals surface area contributed by atoms with Crippen LogP contribution >= 0.6 is 11.6 Å². The molecule has 3 aromatic rings. The monoisotopic (exact) mass is 520 g/mol. The summed E-state index contributed by atoms with van der Waals surface area (Å²) in [6, 6.07) is 19.1. The van der Waals surface area contributed by atoms with Crippen molar-refractivity contribution >= 4 is 23.7 Å². The highest BCUT2D eigenvalue weighted by Gasteiger charge is 2.26. The zero-order chi connectivity index (χ0) is 27.2. The average Bonchev–Trinajstić information content (AvgIpc) is 2.81. The molecule has 6 heteroatoms. The number of aromatic hydroxyl groups is 1. The van der Waals surface area contributed by atoms with Gasteiger partial charge in [-0.15, -0.1) is 0 Å². The number of hydrogen-bond acceptors (Lipinski definition) is 4. The summed E-state index contributed by atoms with van der Waals surface area (Å²) in [5.41, 5.74) is 6.72. The SMILES string of the molecule is CC(C)(C)c1cc(CCC(=O)N/N=C\c2cccc(OCc3ccccc3Cl)c2)cc(C(C)(C)C)c1O. The first-order valence-corrected chi connectivity index (χ1v) is 12.9. The van der Waals surface area contributed by atoms with Gasteiger partial charge in [-0.3, -0.25) is 4.79 Å². The molecule has 0 saturated heterocycles. The second-order valence-electron chi connectivity index (χ2n) is 11.3. The van der Waals surface area contributed by atoms with Crippen LogP contribution < -0.4 is 10.2 Å². The second kappa shape index (κ2) is 11.8. The lowest BCUT2D eigenvalue weighted by Gasteiger charge is -2.28. The van der Waals surface area contributed by atoms with E-state index in [2.05, 4.69) is 52.1 Å². The molecule has 196 valence electrons. The third-order valence-electron chi connectivity index (χ3n) is 6.04. The molecule has 0 heterocycles. The number of nitrogens with one attached hydrogen (secondary N) is 1. The summed E-state index contributed by atoms with van der Waals surface area (Å²) >= 11 is 6.19. The number of carbonyl (C=O) groups excluding carboxylic acids is 1. The van der Waals surface area contributed by atoms with Crippen LogP contribution in [0.1, 0.15) is 75.8 Å². The third-order valence-corrected chi connectivity index (χ3v) is 6.41. The van der Waals surface area contributed by atoms with Crippen LogP contribution in [0.5, 0.6) is 11.5 Å². The molecule has 5 nitrogen and oxygen atoms in total. The number of aryl methyl sites for hydroxylation is 1. The number of rotatable bonds is 8. The van der Waals surface area contributed by atoms with Gasteiger partial charge in [0.05, 0.1) is 6.21 Å². The summed E-state index contributed by atoms with van der Waals surface area (Å²) in [5.74, 6) is 0.854. The lowest BCUT2D eigenvalue weighted by atomic mass is 9.78. The summed E-state index contributed by atoms with van der Waals surface area (Å²) in [6.45, 7) is 12.8. The van der Waals surface area contributed by atoms with Crippen LogP contribution in [0, 0.1) is 0 Å². The fourth-order valence-electron chi connectivity index (χ4n) is 3.94. The first kappa shape index (κ1) is 28.3. The fourth-order valence-corrected chi connectivity index (χ4v) is 4.13. The molecule has 0 spiro atoms. The molecule has 0 aromatic heterocycles. The standard InChI is InChI=1S/C31H37ClN2O3/c1-30(2,3)25-17-21(18-26(29(25)36)31(4,5)6)14-15-28(35)34-33-19-22-10-9-12-24(16-22)37-20-23-11-7-8-13-27(23)32/h7-13,16-19,36H,14-15,20H2,1-6H3,(H,34,35)/b33-19-. The first-order chi connectivity index (χ1) is 17.3. The number of benzene rings is 3. The number of hydrogen-bond donors (Lipinski definition) is 2. The van der Waals surface area contributed by atoms with Crippen molar-refractivity contribution in [2.24, 2.45) is 5.10 Å². The van der Waals surface area contributed by atoms with E-state index in [-0.39, 0.29) is 23.2 Å². The zero-order valence-electron chi connectivity index (χ0n) is 22.6. The van der Waals surface area contributed by atoms with Crippen molar-refractivity contribution in [1.82, 2.24) is 5.43 Å². The smallest absolute Gasteiger partial charge is 0.240 e. The molecule has 3 aromatic carbocycles. The number of phenols is 1. The molecule has 0 aliphatic carbocycles. The van der Waals surface area contributed by atoms with Crippen molar-refractivity contribution in [3.63, 3.8) is 0 Å². The van der Waals surface area contributed by atoms with Crippen LogP contribution in [0.15, 0.2) is 65.8 Å². The molecular formula is C31H37ClN2O3. The summed E-state index contributed by atoms with van der Waals surface area (Å²) in [5, 5.41) is 15.7. The Morgan fingerprint density at radius 1 is 0.973 bits per heavy atom. The number of hydrazone groups is 1. The normalized spacial score (nSPS) is 12.1. The van der Waals surface area contributed by atoms with Crippen molar-refractivity contribution in [3.8, 4) is 11.5 Å². The molecule has 2 N–H and O–H groups in total. The van der Waals surface area contributed by atoms with Gasteiger partial charge in [-0.2, -0.15) is 5.10 Å². The lowest BCUT2D eigenvalue weighted by Crippen LogP contribution is -2.20.